The van der Waals surface area contributed by atoms with Crippen molar-refractivity contribution < 1.29 is 4.84 Å². The van der Waals surface area contributed by atoms with Gasteiger partial charge < -0.3 is 5.73 Å². The van der Waals surface area contributed by atoms with Crippen LogP contribution in [0.2, 0.25) is 0 Å². The van der Waals surface area contributed by atoms with Crippen molar-refractivity contribution in [2.24, 2.45) is 15.7 Å². The second-order valence-corrected chi connectivity index (χ2v) is 4.45. The first-order valence-electron chi connectivity index (χ1n) is 5.69. The molecule has 0 amide bonds. The van der Waals surface area contributed by atoms with Crippen LogP contribution in [0.25, 0.3) is 0 Å². The van der Waals surface area contributed by atoms with Crippen LogP contribution in [0, 0.1) is 0 Å². The fraction of sp³-hybridized carbons (Fsp3) is 0.333. The number of aliphatic imine (C=N–C) groups is 2. The highest BCUT2D eigenvalue weighted by Gasteiger charge is 2.21. The molecule has 0 aliphatic carbocycles. The van der Waals surface area contributed by atoms with Crippen LogP contribution in [0.5, 0.6) is 0 Å². The van der Waals surface area contributed by atoms with Crippen LogP contribution in [-0.2, 0) is 11.4 Å². The SMILES string of the molecule is CC1(C)N=C(N)NC(NOCc2ccccc2)=N1. The van der Waals surface area contributed by atoms with E-state index < -0.39 is 5.66 Å². The van der Waals surface area contributed by atoms with Crippen molar-refractivity contribution in [1.82, 2.24) is 10.8 Å². The molecule has 4 N–H and O–H groups in total. The number of nitrogens with one attached hydrogen (secondary N) is 2. The van der Waals surface area contributed by atoms with Crippen molar-refractivity contribution in [2.45, 2.75) is 26.1 Å². The Morgan fingerprint density at radius 2 is 2.00 bits per heavy atom. The molecular formula is C12H17N5O. The Bertz CT molecular complexity index is 467. The number of guanidine groups is 2. The molecule has 0 saturated carbocycles. The summed E-state index contributed by atoms with van der Waals surface area (Å²) in [5, 5.41) is 2.80. The zero-order valence-electron chi connectivity index (χ0n) is 10.5. The molecule has 96 valence electrons. The summed E-state index contributed by atoms with van der Waals surface area (Å²) in [6.45, 7) is 4.16. The third kappa shape index (κ3) is 3.46. The van der Waals surface area contributed by atoms with Gasteiger partial charge in [-0.2, -0.15) is 0 Å². The van der Waals surface area contributed by atoms with E-state index in [9.17, 15) is 0 Å². The third-order valence-corrected chi connectivity index (χ3v) is 2.28. The van der Waals surface area contributed by atoms with Gasteiger partial charge in [0.1, 0.15) is 0 Å². The van der Waals surface area contributed by atoms with E-state index in [-0.39, 0.29) is 0 Å². The quantitative estimate of drug-likeness (QED) is 0.687. The number of hydrogen-bond donors (Lipinski definition) is 3. The lowest BCUT2D eigenvalue weighted by molar-refractivity contribution is 0.0686. The average Bonchev–Trinajstić information content (AvgIpc) is 2.27. The summed E-state index contributed by atoms with van der Waals surface area (Å²) >= 11 is 0. The zero-order valence-corrected chi connectivity index (χ0v) is 10.5. The van der Waals surface area contributed by atoms with Crippen LogP contribution < -0.4 is 16.5 Å². The first kappa shape index (κ1) is 12.4. The Morgan fingerprint density at radius 3 is 2.67 bits per heavy atom. The Balaban J connectivity index is 1.86. The first-order valence-corrected chi connectivity index (χ1v) is 5.69. The van der Waals surface area contributed by atoms with Crippen LogP contribution in [0.3, 0.4) is 0 Å². The normalized spacial score (nSPS) is 17.4. The molecule has 0 bridgehead atoms. The van der Waals surface area contributed by atoms with Gasteiger partial charge >= 0.3 is 0 Å². The van der Waals surface area contributed by atoms with Gasteiger partial charge in [-0.15, -0.1) is 0 Å². The molecule has 0 aromatic heterocycles. The van der Waals surface area contributed by atoms with E-state index in [0.29, 0.717) is 18.5 Å². The van der Waals surface area contributed by atoms with Crippen molar-refractivity contribution in [3.05, 3.63) is 35.9 Å². The molecule has 18 heavy (non-hydrogen) atoms. The highest BCUT2D eigenvalue weighted by Crippen LogP contribution is 2.12. The largest absolute Gasteiger partial charge is 0.370 e. The summed E-state index contributed by atoms with van der Waals surface area (Å²) in [6, 6.07) is 9.85. The van der Waals surface area contributed by atoms with Crippen molar-refractivity contribution in [2.75, 3.05) is 0 Å². The lowest BCUT2D eigenvalue weighted by Gasteiger charge is -2.23. The Hall–Kier alpha value is -2.08. The summed E-state index contributed by atoms with van der Waals surface area (Å²) in [6.07, 6.45) is 0. The number of hydrogen-bond acceptors (Lipinski definition) is 6. The Morgan fingerprint density at radius 1 is 1.28 bits per heavy atom. The predicted octanol–water partition coefficient (Wildman–Crippen LogP) is 0.718. The third-order valence-electron chi connectivity index (χ3n) is 2.28. The summed E-state index contributed by atoms with van der Waals surface area (Å²) in [7, 11) is 0. The fourth-order valence-electron chi connectivity index (χ4n) is 1.58. The second kappa shape index (κ2) is 5.05. The van der Waals surface area contributed by atoms with E-state index in [1.807, 2.05) is 44.2 Å². The van der Waals surface area contributed by atoms with Crippen LogP contribution in [0.4, 0.5) is 0 Å². The molecule has 6 nitrogen and oxygen atoms in total. The molecule has 1 aromatic rings. The van der Waals surface area contributed by atoms with Crippen molar-refractivity contribution >= 4 is 11.9 Å². The van der Waals surface area contributed by atoms with Crippen LogP contribution in [-0.4, -0.2) is 17.6 Å². The number of rotatable bonds is 3. The van der Waals surface area contributed by atoms with Gasteiger partial charge in [0.05, 0.1) is 6.61 Å². The molecule has 1 aliphatic rings. The summed E-state index contributed by atoms with van der Waals surface area (Å²) in [5.41, 5.74) is 8.88. The van der Waals surface area contributed by atoms with Crippen LogP contribution in [0.1, 0.15) is 19.4 Å². The number of hydroxylamine groups is 1. The summed E-state index contributed by atoms with van der Waals surface area (Å²) in [4.78, 5) is 13.8. The minimum Gasteiger partial charge on any atom is -0.370 e. The molecule has 0 atom stereocenters. The van der Waals surface area contributed by atoms with E-state index in [0.717, 1.165) is 5.56 Å². The molecular weight excluding hydrogens is 230 g/mol. The second-order valence-electron chi connectivity index (χ2n) is 4.45. The van der Waals surface area contributed by atoms with Gasteiger partial charge in [-0.05, 0) is 19.4 Å². The van der Waals surface area contributed by atoms with Gasteiger partial charge in [0, 0.05) is 0 Å². The van der Waals surface area contributed by atoms with E-state index in [1.165, 1.54) is 0 Å². The van der Waals surface area contributed by atoms with Gasteiger partial charge in [0.2, 0.25) is 5.96 Å². The van der Waals surface area contributed by atoms with Crippen LogP contribution in [0.15, 0.2) is 40.3 Å². The minimum absolute atomic E-state index is 0.320. The molecule has 2 rings (SSSR count). The monoisotopic (exact) mass is 247 g/mol. The minimum atomic E-state index is -0.576. The van der Waals surface area contributed by atoms with E-state index >= 15 is 0 Å². The molecule has 0 saturated heterocycles. The van der Waals surface area contributed by atoms with Crippen molar-refractivity contribution in [3.8, 4) is 0 Å². The van der Waals surface area contributed by atoms with E-state index in [1.54, 1.807) is 0 Å². The number of nitrogens with two attached hydrogens (primary N) is 1. The highest BCUT2D eigenvalue weighted by atomic mass is 16.6. The van der Waals surface area contributed by atoms with Crippen molar-refractivity contribution in [3.63, 3.8) is 0 Å². The lowest BCUT2D eigenvalue weighted by Crippen LogP contribution is -2.50. The predicted molar refractivity (Wildman–Crippen MR) is 70.6 cm³/mol. The molecule has 6 heteroatoms. The fourth-order valence-corrected chi connectivity index (χ4v) is 1.58. The lowest BCUT2D eigenvalue weighted by atomic mass is 10.2. The van der Waals surface area contributed by atoms with Gasteiger partial charge in [-0.25, -0.2) is 15.5 Å². The molecule has 1 heterocycles. The highest BCUT2D eigenvalue weighted by molar-refractivity contribution is 5.99. The van der Waals surface area contributed by atoms with Crippen molar-refractivity contribution in [1.29, 1.82) is 0 Å². The molecule has 0 radical (unpaired) electrons. The molecule has 0 fully saturated rings. The molecule has 1 aliphatic heterocycles. The summed E-state index contributed by atoms with van der Waals surface area (Å²) in [5.74, 6) is 0.782. The smallest absolute Gasteiger partial charge is 0.225 e. The van der Waals surface area contributed by atoms with Gasteiger partial charge in [-0.3, -0.25) is 10.2 Å². The topological polar surface area (TPSA) is 84.0 Å². The van der Waals surface area contributed by atoms with Gasteiger partial charge in [-0.1, -0.05) is 30.3 Å². The number of benzene rings is 1. The molecule has 1 aromatic carbocycles. The standard InChI is InChI=1S/C12H17N5O/c1-12(2)15-10(13)14-11(16-12)17-18-8-9-6-4-3-5-7-9/h3-7H,8H2,1-2H3,(H4,13,14,15,16,17). The van der Waals surface area contributed by atoms with Gasteiger partial charge in [0.15, 0.2) is 11.6 Å². The first-order chi connectivity index (χ1) is 8.55. The van der Waals surface area contributed by atoms with Crippen LogP contribution >= 0.6 is 0 Å². The van der Waals surface area contributed by atoms with E-state index in [4.69, 9.17) is 10.6 Å². The average molecular weight is 247 g/mol. The number of nitrogens with zero attached hydrogens (tertiary/aromatic N) is 2. The summed E-state index contributed by atoms with van der Waals surface area (Å²) < 4.78 is 0. The van der Waals surface area contributed by atoms with Gasteiger partial charge in [0.25, 0.3) is 0 Å². The maximum Gasteiger partial charge on any atom is 0.225 e. The maximum atomic E-state index is 5.65. The molecule has 0 spiro atoms. The van der Waals surface area contributed by atoms with E-state index in [2.05, 4.69) is 20.8 Å². The Labute approximate surface area is 106 Å². The zero-order chi connectivity index (χ0) is 13.0. The molecule has 0 unspecified atom stereocenters. The maximum absolute atomic E-state index is 5.65. The Kier molecular flexibility index (Phi) is 3.47.